The van der Waals surface area contributed by atoms with E-state index in [-0.39, 0.29) is 19.1 Å². The maximum atomic E-state index is 13.6. The number of halogens is 3. The molecule has 0 fully saturated rings. The van der Waals surface area contributed by atoms with Gasteiger partial charge in [-0.1, -0.05) is 29.3 Å². The fourth-order valence-corrected chi connectivity index (χ4v) is 4.12. The van der Waals surface area contributed by atoms with Crippen LogP contribution in [0.4, 0.5) is 5.69 Å². The largest absolute Gasteiger partial charge is 0.493 e. The molecule has 5 nitrogen and oxygen atoms in total. The maximum Gasteiger partial charge on any atom is 0.338 e. The van der Waals surface area contributed by atoms with Crippen LogP contribution < -0.4 is 9.64 Å². The third kappa shape index (κ3) is 6.28. The summed E-state index contributed by atoms with van der Waals surface area (Å²) < 4.78 is 11.3. The van der Waals surface area contributed by atoms with Crippen LogP contribution in [-0.2, 0) is 11.3 Å². The van der Waals surface area contributed by atoms with E-state index < -0.39 is 5.97 Å². The highest BCUT2D eigenvalue weighted by Gasteiger charge is 2.21. The highest BCUT2D eigenvalue weighted by Crippen LogP contribution is 2.30. The number of rotatable bonds is 8. The van der Waals surface area contributed by atoms with Crippen LogP contribution in [0.25, 0.3) is 0 Å². The Kier molecular flexibility index (Phi) is 8.78. The van der Waals surface area contributed by atoms with Crippen molar-refractivity contribution in [1.29, 1.82) is 0 Å². The van der Waals surface area contributed by atoms with Crippen molar-refractivity contribution >= 4 is 56.7 Å². The van der Waals surface area contributed by atoms with Gasteiger partial charge in [-0.25, -0.2) is 4.79 Å². The number of anilines is 1. The number of benzene rings is 3. The van der Waals surface area contributed by atoms with E-state index in [0.717, 1.165) is 5.56 Å². The average molecular weight is 551 g/mol. The highest BCUT2D eigenvalue weighted by molar-refractivity contribution is 9.10. The SMILES string of the molecule is CCOC(=O)c1ccc(N(Cc2ccc(Cl)cc2Cl)C(=O)c2ccc(OCC)c(Br)c2)cc1. The molecule has 3 rings (SSSR count). The number of hydrogen-bond donors (Lipinski definition) is 0. The lowest BCUT2D eigenvalue weighted by Gasteiger charge is -2.24. The second kappa shape index (κ2) is 11.5. The van der Waals surface area contributed by atoms with E-state index in [0.29, 0.717) is 43.7 Å². The molecule has 0 radical (unpaired) electrons. The fourth-order valence-electron chi connectivity index (χ4n) is 3.15. The number of hydrogen-bond acceptors (Lipinski definition) is 4. The molecule has 1 amide bonds. The Balaban J connectivity index is 1.98. The van der Waals surface area contributed by atoms with Gasteiger partial charge in [0.25, 0.3) is 5.91 Å². The Morgan fingerprint density at radius 1 is 0.909 bits per heavy atom. The molecule has 0 aromatic heterocycles. The minimum absolute atomic E-state index is 0.207. The Morgan fingerprint density at radius 2 is 1.61 bits per heavy atom. The molecule has 0 atom stereocenters. The summed E-state index contributed by atoms with van der Waals surface area (Å²) in [6.07, 6.45) is 0. The van der Waals surface area contributed by atoms with Crippen LogP contribution in [0.5, 0.6) is 5.75 Å². The first kappa shape index (κ1) is 25.1. The van der Waals surface area contributed by atoms with E-state index in [9.17, 15) is 9.59 Å². The van der Waals surface area contributed by atoms with Gasteiger partial charge in [-0.15, -0.1) is 0 Å². The predicted molar refractivity (Wildman–Crippen MR) is 135 cm³/mol. The van der Waals surface area contributed by atoms with Crippen LogP contribution in [0.2, 0.25) is 10.0 Å². The van der Waals surface area contributed by atoms with Crippen molar-refractivity contribution in [3.63, 3.8) is 0 Å². The van der Waals surface area contributed by atoms with E-state index in [1.807, 2.05) is 6.92 Å². The number of esters is 1. The van der Waals surface area contributed by atoms with Crippen molar-refractivity contribution in [2.45, 2.75) is 20.4 Å². The molecular formula is C25H22BrCl2NO4. The lowest BCUT2D eigenvalue weighted by atomic mass is 10.1. The third-order valence-corrected chi connectivity index (χ3v) is 5.96. The highest BCUT2D eigenvalue weighted by atomic mass is 79.9. The molecule has 0 saturated heterocycles. The van der Waals surface area contributed by atoms with Crippen molar-refractivity contribution in [2.24, 2.45) is 0 Å². The molecule has 0 aliphatic rings. The minimum atomic E-state index is -0.418. The Bertz CT molecular complexity index is 1150. The molecule has 0 unspecified atom stereocenters. The summed E-state index contributed by atoms with van der Waals surface area (Å²) in [5, 5.41) is 0.965. The zero-order valence-corrected chi connectivity index (χ0v) is 21.2. The summed E-state index contributed by atoms with van der Waals surface area (Å²) in [5.74, 6) is -0.00750. The topological polar surface area (TPSA) is 55.8 Å². The third-order valence-electron chi connectivity index (χ3n) is 4.76. The minimum Gasteiger partial charge on any atom is -0.493 e. The first-order chi connectivity index (χ1) is 15.8. The molecule has 0 spiro atoms. The number of carbonyl (C=O) groups is 2. The Labute approximate surface area is 211 Å². The average Bonchev–Trinajstić information content (AvgIpc) is 2.80. The standard InChI is InChI=1S/C25H22BrCl2NO4/c1-3-32-23-12-8-17(13-21(23)26)24(30)29(15-18-5-9-19(27)14-22(18)28)20-10-6-16(7-11-20)25(31)33-4-2/h5-14H,3-4,15H2,1-2H3. The second-order valence-corrected chi connectivity index (χ2v) is 8.67. The smallest absolute Gasteiger partial charge is 0.338 e. The van der Waals surface area contributed by atoms with E-state index in [1.165, 1.54) is 0 Å². The Morgan fingerprint density at radius 3 is 2.21 bits per heavy atom. The van der Waals surface area contributed by atoms with Gasteiger partial charge in [-0.2, -0.15) is 0 Å². The summed E-state index contributed by atoms with van der Waals surface area (Å²) in [6.45, 7) is 4.64. The van der Waals surface area contributed by atoms with Crippen LogP contribution in [0.15, 0.2) is 65.1 Å². The monoisotopic (exact) mass is 549 g/mol. The first-order valence-electron chi connectivity index (χ1n) is 10.3. The molecule has 0 N–H and O–H groups in total. The quantitative estimate of drug-likeness (QED) is 0.279. The van der Waals surface area contributed by atoms with E-state index in [4.69, 9.17) is 32.7 Å². The predicted octanol–water partition coefficient (Wildman–Crippen LogP) is 7.18. The molecule has 0 bridgehead atoms. The summed E-state index contributed by atoms with van der Waals surface area (Å²) in [4.78, 5) is 27.2. The van der Waals surface area contributed by atoms with Gasteiger partial charge in [0.15, 0.2) is 0 Å². The van der Waals surface area contributed by atoms with Crippen LogP contribution in [0.1, 0.15) is 40.1 Å². The van der Waals surface area contributed by atoms with Crippen LogP contribution in [-0.4, -0.2) is 25.1 Å². The lowest BCUT2D eigenvalue weighted by Crippen LogP contribution is -2.30. The van der Waals surface area contributed by atoms with Gasteiger partial charge in [-0.3, -0.25) is 4.79 Å². The molecule has 3 aromatic carbocycles. The molecule has 3 aromatic rings. The summed E-state index contributed by atoms with van der Waals surface area (Å²) in [6, 6.07) is 17.0. The molecule has 0 heterocycles. The van der Waals surface area contributed by atoms with Gasteiger partial charge >= 0.3 is 5.97 Å². The van der Waals surface area contributed by atoms with Gasteiger partial charge in [0.05, 0.1) is 29.8 Å². The van der Waals surface area contributed by atoms with Gasteiger partial charge in [0.1, 0.15) is 5.75 Å². The van der Waals surface area contributed by atoms with Crippen LogP contribution in [0.3, 0.4) is 0 Å². The summed E-state index contributed by atoms with van der Waals surface area (Å²) >= 11 is 15.9. The van der Waals surface area contributed by atoms with Gasteiger partial charge < -0.3 is 14.4 Å². The first-order valence-corrected chi connectivity index (χ1v) is 11.8. The van der Waals surface area contributed by atoms with Crippen LogP contribution in [0, 0.1) is 0 Å². The van der Waals surface area contributed by atoms with Gasteiger partial charge in [-0.05, 0) is 89.9 Å². The van der Waals surface area contributed by atoms with Crippen molar-refractivity contribution < 1.29 is 19.1 Å². The molecule has 0 aliphatic heterocycles. The zero-order valence-electron chi connectivity index (χ0n) is 18.1. The molecule has 172 valence electrons. The summed E-state index contributed by atoms with van der Waals surface area (Å²) in [5.41, 5.74) is 2.20. The van der Waals surface area contributed by atoms with Crippen molar-refractivity contribution in [3.8, 4) is 5.75 Å². The lowest BCUT2D eigenvalue weighted by molar-refractivity contribution is 0.0526. The summed E-state index contributed by atoms with van der Waals surface area (Å²) in [7, 11) is 0. The van der Waals surface area contributed by atoms with E-state index in [2.05, 4.69) is 15.9 Å². The van der Waals surface area contributed by atoms with Crippen molar-refractivity contribution in [3.05, 3.63) is 91.9 Å². The van der Waals surface area contributed by atoms with Crippen molar-refractivity contribution in [1.82, 2.24) is 0 Å². The van der Waals surface area contributed by atoms with E-state index in [1.54, 1.807) is 72.5 Å². The second-order valence-electron chi connectivity index (χ2n) is 6.97. The zero-order chi connectivity index (χ0) is 24.0. The Hall–Kier alpha value is -2.54. The van der Waals surface area contributed by atoms with Crippen LogP contribution >= 0.6 is 39.1 Å². The van der Waals surface area contributed by atoms with E-state index >= 15 is 0 Å². The van der Waals surface area contributed by atoms with Gasteiger partial charge in [0.2, 0.25) is 0 Å². The molecule has 8 heteroatoms. The molecule has 33 heavy (non-hydrogen) atoms. The molecular weight excluding hydrogens is 529 g/mol. The normalized spacial score (nSPS) is 10.6. The number of nitrogens with zero attached hydrogens (tertiary/aromatic N) is 1. The molecule has 0 aliphatic carbocycles. The van der Waals surface area contributed by atoms with Crippen molar-refractivity contribution in [2.75, 3.05) is 18.1 Å². The van der Waals surface area contributed by atoms with Gasteiger partial charge in [0, 0.05) is 21.3 Å². The number of ether oxygens (including phenoxy) is 2. The number of carbonyl (C=O) groups excluding carboxylic acids is 2. The number of amides is 1. The molecule has 0 saturated carbocycles. The maximum absolute atomic E-state index is 13.6. The fraction of sp³-hybridized carbons (Fsp3) is 0.200.